The first-order chi connectivity index (χ1) is 6.06. The molecular weight excluding hydrogens is 174 g/mol. The van der Waals surface area contributed by atoms with E-state index >= 15 is 0 Å². The Kier molecular flexibility index (Phi) is 5.50. The zero-order valence-corrected chi connectivity index (χ0v) is 7.73. The molecule has 0 radical (unpaired) electrons. The molecule has 0 aliphatic carbocycles. The van der Waals surface area contributed by atoms with E-state index in [0.29, 0.717) is 6.42 Å². The summed E-state index contributed by atoms with van der Waals surface area (Å²) in [4.78, 5) is 20.0. The van der Waals surface area contributed by atoms with Crippen LogP contribution < -0.4 is 0 Å². The average Bonchev–Trinajstić information content (AvgIpc) is 2.01. The van der Waals surface area contributed by atoms with Crippen LogP contribution in [-0.4, -0.2) is 23.5 Å². The molecule has 0 N–H and O–H groups in total. The van der Waals surface area contributed by atoms with Gasteiger partial charge in [0.15, 0.2) is 0 Å². The summed E-state index contributed by atoms with van der Waals surface area (Å²) in [6.45, 7) is 2.91. The van der Waals surface area contributed by atoms with Crippen molar-refractivity contribution in [3.05, 3.63) is 22.3 Å². The van der Waals surface area contributed by atoms with E-state index in [2.05, 4.69) is 0 Å². The predicted octanol–water partition coefficient (Wildman–Crippen LogP) is 1.16. The van der Waals surface area contributed by atoms with Crippen LogP contribution in [0.4, 0.5) is 0 Å². The van der Waals surface area contributed by atoms with E-state index in [1.807, 2.05) is 6.92 Å². The lowest BCUT2D eigenvalue weighted by atomic mass is 10.2. The standard InChI is InChI=1S/C8H13NO4/c1-3-8(13-7(2)10)5-4-6-9(11)12/h4-5,8H,3,6H2,1-2H3. The molecule has 5 nitrogen and oxygen atoms in total. The van der Waals surface area contributed by atoms with E-state index in [-0.39, 0.29) is 18.6 Å². The van der Waals surface area contributed by atoms with Crippen molar-refractivity contribution in [1.82, 2.24) is 0 Å². The van der Waals surface area contributed by atoms with Crippen molar-refractivity contribution < 1.29 is 14.5 Å². The van der Waals surface area contributed by atoms with Gasteiger partial charge >= 0.3 is 5.97 Å². The molecule has 1 atom stereocenters. The third-order valence-corrected chi connectivity index (χ3v) is 1.32. The van der Waals surface area contributed by atoms with E-state index in [1.54, 1.807) is 0 Å². The quantitative estimate of drug-likeness (QED) is 0.280. The lowest BCUT2D eigenvalue weighted by Gasteiger charge is -2.08. The van der Waals surface area contributed by atoms with Crippen LogP contribution in [0, 0.1) is 10.1 Å². The molecule has 0 aromatic carbocycles. The molecule has 0 heterocycles. The van der Waals surface area contributed by atoms with Crippen molar-refractivity contribution in [3.8, 4) is 0 Å². The molecule has 0 aromatic rings. The van der Waals surface area contributed by atoms with Gasteiger partial charge in [0.1, 0.15) is 6.10 Å². The second-order valence-electron chi connectivity index (χ2n) is 2.50. The maximum absolute atomic E-state index is 10.5. The fourth-order valence-corrected chi connectivity index (χ4v) is 0.771. The summed E-state index contributed by atoms with van der Waals surface area (Å²) >= 11 is 0. The largest absolute Gasteiger partial charge is 0.458 e. The molecule has 0 saturated carbocycles. The van der Waals surface area contributed by atoms with Gasteiger partial charge in [-0.1, -0.05) is 6.92 Å². The summed E-state index contributed by atoms with van der Waals surface area (Å²) in [6, 6.07) is 0. The van der Waals surface area contributed by atoms with Gasteiger partial charge in [-0.2, -0.15) is 0 Å². The predicted molar refractivity (Wildman–Crippen MR) is 46.8 cm³/mol. The molecule has 1 unspecified atom stereocenters. The molecule has 0 saturated heterocycles. The minimum Gasteiger partial charge on any atom is -0.458 e. The number of carbonyl (C=O) groups is 1. The molecule has 0 aromatic heterocycles. The number of rotatable bonds is 5. The first kappa shape index (κ1) is 11.6. The van der Waals surface area contributed by atoms with Gasteiger partial charge in [0.05, 0.1) is 0 Å². The fourth-order valence-electron chi connectivity index (χ4n) is 0.771. The molecule has 0 fully saturated rings. The van der Waals surface area contributed by atoms with Crippen LogP contribution in [-0.2, 0) is 9.53 Å². The SMILES string of the molecule is CCC(C=CC[N+](=O)[O-])OC(C)=O. The Bertz CT molecular complexity index is 212. The Morgan fingerprint density at radius 3 is 2.69 bits per heavy atom. The molecule has 74 valence electrons. The van der Waals surface area contributed by atoms with Gasteiger partial charge in [0, 0.05) is 11.8 Å². The molecule has 0 amide bonds. The van der Waals surface area contributed by atoms with Crippen molar-refractivity contribution in [1.29, 1.82) is 0 Å². The molecule has 0 spiro atoms. The number of carbonyl (C=O) groups excluding carboxylic acids is 1. The van der Waals surface area contributed by atoms with Crippen molar-refractivity contribution in [2.24, 2.45) is 0 Å². The number of ether oxygens (including phenoxy) is 1. The summed E-state index contributed by atoms with van der Waals surface area (Å²) in [7, 11) is 0. The van der Waals surface area contributed by atoms with Crippen LogP contribution in [0.25, 0.3) is 0 Å². The summed E-state index contributed by atoms with van der Waals surface area (Å²) < 4.78 is 4.83. The zero-order chi connectivity index (χ0) is 10.3. The first-order valence-electron chi connectivity index (χ1n) is 4.02. The van der Waals surface area contributed by atoms with E-state index in [4.69, 9.17) is 4.74 Å². The summed E-state index contributed by atoms with van der Waals surface area (Å²) in [5.74, 6) is -0.377. The third kappa shape index (κ3) is 6.99. The van der Waals surface area contributed by atoms with Crippen molar-refractivity contribution in [3.63, 3.8) is 0 Å². The normalized spacial score (nSPS) is 12.8. The second-order valence-corrected chi connectivity index (χ2v) is 2.50. The van der Waals surface area contributed by atoms with Gasteiger partial charge in [-0.25, -0.2) is 0 Å². The van der Waals surface area contributed by atoms with Gasteiger partial charge in [-0.3, -0.25) is 14.9 Å². The highest BCUT2D eigenvalue weighted by molar-refractivity contribution is 5.66. The van der Waals surface area contributed by atoms with E-state index < -0.39 is 4.92 Å². The highest BCUT2D eigenvalue weighted by Gasteiger charge is 2.04. The lowest BCUT2D eigenvalue weighted by molar-refractivity contribution is -0.468. The van der Waals surface area contributed by atoms with Crippen LogP contribution in [0.5, 0.6) is 0 Å². The lowest BCUT2D eigenvalue weighted by Crippen LogP contribution is -2.12. The number of hydrogen-bond donors (Lipinski definition) is 0. The molecule has 0 bridgehead atoms. The van der Waals surface area contributed by atoms with Crippen LogP contribution in [0.1, 0.15) is 20.3 Å². The Morgan fingerprint density at radius 2 is 2.31 bits per heavy atom. The average molecular weight is 187 g/mol. The second kappa shape index (κ2) is 6.16. The van der Waals surface area contributed by atoms with Crippen LogP contribution >= 0.6 is 0 Å². The number of esters is 1. The molecule has 0 rings (SSSR count). The summed E-state index contributed by atoms with van der Waals surface area (Å²) in [5.41, 5.74) is 0. The highest BCUT2D eigenvalue weighted by atomic mass is 16.6. The topological polar surface area (TPSA) is 69.4 Å². The fraction of sp³-hybridized carbons (Fsp3) is 0.625. The van der Waals surface area contributed by atoms with E-state index in [9.17, 15) is 14.9 Å². The van der Waals surface area contributed by atoms with E-state index in [1.165, 1.54) is 19.1 Å². The molecule has 0 aliphatic rings. The number of nitro groups is 1. The van der Waals surface area contributed by atoms with Crippen LogP contribution in [0.3, 0.4) is 0 Å². The summed E-state index contributed by atoms with van der Waals surface area (Å²) in [5, 5.41) is 9.94. The molecule has 0 aliphatic heterocycles. The Labute approximate surface area is 76.5 Å². The maximum Gasteiger partial charge on any atom is 0.303 e. The van der Waals surface area contributed by atoms with Crippen molar-refractivity contribution >= 4 is 5.97 Å². The Morgan fingerprint density at radius 1 is 1.69 bits per heavy atom. The van der Waals surface area contributed by atoms with Crippen molar-refractivity contribution in [2.75, 3.05) is 6.54 Å². The monoisotopic (exact) mass is 187 g/mol. The van der Waals surface area contributed by atoms with Crippen LogP contribution in [0.15, 0.2) is 12.2 Å². The zero-order valence-electron chi connectivity index (χ0n) is 7.73. The number of nitrogens with zero attached hydrogens (tertiary/aromatic N) is 1. The van der Waals surface area contributed by atoms with Gasteiger partial charge in [0.2, 0.25) is 6.54 Å². The van der Waals surface area contributed by atoms with Gasteiger partial charge in [0.25, 0.3) is 0 Å². The van der Waals surface area contributed by atoms with Crippen molar-refractivity contribution in [2.45, 2.75) is 26.4 Å². The third-order valence-electron chi connectivity index (χ3n) is 1.32. The van der Waals surface area contributed by atoms with Gasteiger partial charge in [-0.05, 0) is 18.6 Å². The Balaban J connectivity index is 3.89. The maximum atomic E-state index is 10.5. The molecule has 13 heavy (non-hydrogen) atoms. The van der Waals surface area contributed by atoms with Crippen LogP contribution in [0.2, 0.25) is 0 Å². The van der Waals surface area contributed by atoms with Gasteiger partial charge < -0.3 is 4.74 Å². The minimum absolute atomic E-state index is 0.238. The first-order valence-corrected chi connectivity index (χ1v) is 4.02. The minimum atomic E-state index is -0.447. The number of hydrogen-bond acceptors (Lipinski definition) is 4. The smallest absolute Gasteiger partial charge is 0.303 e. The van der Waals surface area contributed by atoms with Gasteiger partial charge in [-0.15, -0.1) is 0 Å². The highest BCUT2D eigenvalue weighted by Crippen LogP contribution is 2.00. The molecular formula is C8H13NO4. The van der Waals surface area contributed by atoms with E-state index in [0.717, 1.165) is 0 Å². The summed E-state index contributed by atoms with van der Waals surface area (Å²) in [6.07, 6.45) is 3.19. The Hall–Kier alpha value is -1.39. The molecule has 5 heteroatoms.